The number of aliphatic carboxylic acids is 1. The summed E-state index contributed by atoms with van der Waals surface area (Å²) in [5.74, 6) is -0.502. The molecule has 2 aromatic carbocycles. The molecule has 30 heavy (non-hydrogen) atoms. The highest BCUT2D eigenvalue weighted by atomic mass is 16.5. The fourth-order valence-electron chi connectivity index (χ4n) is 2.96. The lowest BCUT2D eigenvalue weighted by Crippen LogP contribution is -2.26. The SMILES string of the molecule is CCCC(Oc1ccc(-n2nccn2)cc1)c1ccc(C(=O)NCCC(=O)O)cc1. The van der Waals surface area contributed by atoms with Gasteiger partial charge in [-0.2, -0.15) is 15.0 Å². The number of nitrogens with one attached hydrogen (secondary N) is 1. The number of carbonyl (C=O) groups is 2. The number of hydrogen-bond acceptors (Lipinski definition) is 5. The van der Waals surface area contributed by atoms with Crippen molar-refractivity contribution in [3.8, 4) is 11.4 Å². The molecule has 3 aromatic rings. The van der Waals surface area contributed by atoms with E-state index in [-0.39, 0.29) is 25.0 Å². The van der Waals surface area contributed by atoms with E-state index in [2.05, 4.69) is 22.4 Å². The molecule has 0 saturated carbocycles. The fourth-order valence-corrected chi connectivity index (χ4v) is 2.96. The molecule has 156 valence electrons. The Morgan fingerprint density at radius 2 is 1.73 bits per heavy atom. The number of aromatic nitrogens is 3. The molecule has 1 atom stereocenters. The first kappa shape index (κ1) is 21.0. The minimum absolute atomic E-state index is 0.0987. The van der Waals surface area contributed by atoms with E-state index in [9.17, 15) is 9.59 Å². The quantitative estimate of drug-likeness (QED) is 0.533. The molecular formula is C22H24N4O4. The first-order valence-corrected chi connectivity index (χ1v) is 9.80. The molecule has 0 aliphatic heterocycles. The normalized spacial score (nSPS) is 11.6. The summed E-state index contributed by atoms with van der Waals surface area (Å²) < 4.78 is 6.19. The number of amides is 1. The van der Waals surface area contributed by atoms with E-state index >= 15 is 0 Å². The Balaban J connectivity index is 1.65. The van der Waals surface area contributed by atoms with Gasteiger partial charge < -0.3 is 15.2 Å². The number of carbonyl (C=O) groups excluding carboxylic acids is 1. The molecule has 0 saturated heterocycles. The Morgan fingerprint density at radius 1 is 1.07 bits per heavy atom. The molecule has 0 radical (unpaired) electrons. The molecule has 1 unspecified atom stereocenters. The summed E-state index contributed by atoms with van der Waals surface area (Å²) in [5, 5.41) is 19.5. The summed E-state index contributed by atoms with van der Waals surface area (Å²) in [5.41, 5.74) is 2.30. The van der Waals surface area contributed by atoms with Crippen LogP contribution in [0.5, 0.6) is 5.75 Å². The van der Waals surface area contributed by atoms with Gasteiger partial charge in [-0.25, -0.2) is 0 Å². The van der Waals surface area contributed by atoms with Gasteiger partial charge in [0.2, 0.25) is 0 Å². The number of hydrogen-bond donors (Lipinski definition) is 2. The molecule has 8 nitrogen and oxygen atoms in total. The molecule has 0 spiro atoms. The van der Waals surface area contributed by atoms with Gasteiger partial charge in [0, 0.05) is 12.1 Å². The lowest BCUT2D eigenvalue weighted by atomic mass is 10.0. The highest BCUT2D eigenvalue weighted by molar-refractivity contribution is 5.94. The van der Waals surface area contributed by atoms with Gasteiger partial charge >= 0.3 is 5.97 Å². The Kier molecular flexibility index (Phi) is 7.15. The lowest BCUT2D eigenvalue weighted by molar-refractivity contribution is -0.136. The molecule has 0 aliphatic carbocycles. The van der Waals surface area contributed by atoms with Crippen molar-refractivity contribution >= 4 is 11.9 Å². The Hall–Kier alpha value is -3.68. The van der Waals surface area contributed by atoms with E-state index in [4.69, 9.17) is 9.84 Å². The number of benzene rings is 2. The summed E-state index contributed by atoms with van der Waals surface area (Å²) >= 11 is 0. The summed E-state index contributed by atoms with van der Waals surface area (Å²) in [6.07, 6.45) is 4.76. The van der Waals surface area contributed by atoms with Crippen LogP contribution in [0.25, 0.3) is 5.69 Å². The van der Waals surface area contributed by atoms with Crippen LogP contribution in [0.4, 0.5) is 0 Å². The van der Waals surface area contributed by atoms with Crippen molar-refractivity contribution in [2.24, 2.45) is 0 Å². The highest BCUT2D eigenvalue weighted by Gasteiger charge is 2.14. The number of carboxylic acids is 1. The standard InChI is InChI=1S/C22H24N4O4/c1-2-3-20(30-19-10-8-18(9-11-19)26-24-14-15-25-26)16-4-6-17(7-5-16)22(29)23-13-12-21(27)28/h4-11,14-15,20H,2-3,12-13H2,1H3,(H,23,29)(H,27,28). The summed E-state index contributed by atoms with van der Waals surface area (Å²) in [4.78, 5) is 24.2. The maximum absolute atomic E-state index is 12.1. The third kappa shape index (κ3) is 5.66. The molecule has 3 rings (SSSR count). The number of nitrogens with zero attached hydrogens (tertiary/aromatic N) is 3. The van der Waals surface area contributed by atoms with E-state index in [0.29, 0.717) is 5.56 Å². The number of rotatable bonds is 10. The average molecular weight is 408 g/mol. The van der Waals surface area contributed by atoms with E-state index in [1.807, 2.05) is 36.4 Å². The fraction of sp³-hybridized carbons (Fsp3) is 0.273. The van der Waals surface area contributed by atoms with Gasteiger partial charge in [0.1, 0.15) is 11.9 Å². The summed E-state index contributed by atoms with van der Waals surface area (Å²) in [6, 6.07) is 14.7. The van der Waals surface area contributed by atoms with Crippen LogP contribution in [-0.2, 0) is 4.79 Å². The van der Waals surface area contributed by atoms with Crippen molar-refractivity contribution in [1.82, 2.24) is 20.3 Å². The maximum atomic E-state index is 12.1. The number of carboxylic acid groups (broad SMARTS) is 1. The molecule has 0 aliphatic rings. The zero-order chi connectivity index (χ0) is 21.3. The van der Waals surface area contributed by atoms with Crippen LogP contribution in [0, 0.1) is 0 Å². The molecule has 2 N–H and O–H groups in total. The van der Waals surface area contributed by atoms with E-state index in [1.165, 1.54) is 4.80 Å². The van der Waals surface area contributed by atoms with Gasteiger partial charge in [-0.15, -0.1) is 0 Å². The van der Waals surface area contributed by atoms with E-state index in [1.54, 1.807) is 24.5 Å². The molecule has 1 aromatic heterocycles. The Labute approximate surface area is 174 Å². The number of ether oxygens (including phenoxy) is 1. The van der Waals surface area contributed by atoms with E-state index < -0.39 is 5.97 Å². The third-order valence-corrected chi connectivity index (χ3v) is 4.48. The van der Waals surface area contributed by atoms with Crippen molar-refractivity contribution in [3.63, 3.8) is 0 Å². The van der Waals surface area contributed by atoms with Gasteiger partial charge in [0.25, 0.3) is 5.91 Å². The smallest absolute Gasteiger partial charge is 0.305 e. The van der Waals surface area contributed by atoms with Gasteiger partial charge in [-0.05, 0) is 48.4 Å². The van der Waals surface area contributed by atoms with Crippen LogP contribution in [0.2, 0.25) is 0 Å². The zero-order valence-electron chi connectivity index (χ0n) is 16.7. The second kappa shape index (κ2) is 10.2. The van der Waals surface area contributed by atoms with Crippen LogP contribution in [0.1, 0.15) is 48.2 Å². The first-order chi connectivity index (χ1) is 14.6. The molecular weight excluding hydrogens is 384 g/mol. The summed E-state index contributed by atoms with van der Waals surface area (Å²) in [7, 11) is 0. The minimum Gasteiger partial charge on any atom is -0.486 e. The predicted molar refractivity (Wildman–Crippen MR) is 111 cm³/mol. The molecule has 8 heteroatoms. The van der Waals surface area contributed by atoms with Crippen molar-refractivity contribution in [3.05, 3.63) is 72.1 Å². The zero-order valence-corrected chi connectivity index (χ0v) is 16.7. The largest absolute Gasteiger partial charge is 0.486 e. The van der Waals surface area contributed by atoms with Gasteiger partial charge in [-0.3, -0.25) is 9.59 Å². The Morgan fingerprint density at radius 3 is 2.33 bits per heavy atom. The van der Waals surface area contributed by atoms with E-state index in [0.717, 1.165) is 29.8 Å². The highest BCUT2D eigenvalue weighted by Crippen LogP contribution is 2.27. The van der Waals surface area contributed by atoms with Crippen molar-refractivity contribution in [2.75, 3.05) is 6.54 Å². The third-order valence-electron chi connectivity index (χ3n) is 4.48. The second-order valence-electron chi connectivity index (χ2n) is 6.73. The van der Waals surface area contributed by atoms with Crippen LogP contribution < -0.4 is 10.1 Å². The van der Waals surface area contributed by atoms with Crippen LogP contribution in [-0.4, -0.2) is 38.5 Å². The molecule has 1 heterocycles. The predicted octanol–water partition coefficient (Wildman–Crippen LogP) is 3.39. The summed E-state index contributed by atoms with van der Waals surface area (Å²) in [6.45, 7) is 2.19. The van der Waals surface area contributed by atoms with Gasteiger partial charge in [0.05, 0.1) is 24.5 Å². The average Bonchev–Trinajstić information content (AvgIpc) is 3.29. The first-order valence-electron chi connectivity index (χ1n) is 9.80. The molecule has 0 bridgehead atoms. The van der Waals surface area contributed by atoms with Gasteiger partial charge in [-0.1, -0.05) is 25.5 Å². The monoisotopic (exact) mass is 408 g/mol. The second-order valence-corrected chi connectivity index (χ2v) is 6.73. The minimum atomic E-state index is -0.945. The van der Waals surface area contributed by atoms with Crippen molar-refractivity contribution < 1.29 is 19.4 Å². The van der Waals surface area contributed by atoms with Crippen LogP contribution >= 0.6 is 0 Å². The Bertz CT molecular complexity index is 954. The lowest BCUT2D eigenvalue weighted by Gasteiger charge is -2.19. The topological polar surface area (TPSA) is 106 Å². The van der Waals surface area contributed by atoms with Crippen LogP contribution in [0.15, 0.2) is 60.9 Å². The van der Waals surface area contributed by atoms with Gasteiger partial charge in [0.15, 0.2) is 0 Å². The van der Waals surface area contributed by atoms with Crippen molar-refractivity contribution in [1.29, 1.82) is 0 Å². The van der Waals surface area contributed by atoms with Crippen LogP contribution in [0.3, 0.4) is 0 Å². The molecule has 0 fully saturated rings. The van der Waals surface area contributed by atoms with Crippen molar-refractivity contribution in [2.45, 2.75) is 32.3 Å². The maximum Gasteiger partial charge on any atom is 0.305 e. The molecule has 1 amide bonds.